The first-order chi connectivity index (χ1) is 7.90. The van der Waals surface area contributed by atoms with Gasteiger partial charge in [0.2, 0.25) is 11.7 Å². The zero-order valence-corrected chi connectivity index (χ0v) is 11.4. The summed E-state index contributed by atoms with van der Waals surface area (Å²) in [5.74, 6) is 1.06. The largest absolute Gasteiger partial charge is 0.370 e. The molecule has 0 fully saturated rings. The van der Waals surface area contributed by atoms with Gasteiger partial charge in [-0.3, -0.25) is 0 Å². The van der Waals surface area contributed by atoms with Crippen LogP contribution in [0.25, 0.3) is 0 Å². The maximum absolute atomic E-state index is 5.85. The highest BCUT2D eigenvalue weighted by Crippen LogP contribution is 2.34. The molecule has 5 heteroatoms. The molecule has 0 amide bonds. The minimum Gasteiger partial charge on any atom is -0.370 e. The summed E-state index contributed by atoms with van der Waals surface area (Å²) >= 11 is 0. The smallest absolute Gasteiger partial charge is 0.243 e. The van der Waals surface area contributed by atoms with E-state index in [1.54, 1.807) is 0 Å². The predicted molar refractivity (Wildman–Crippen MR) is 65.3 cm³/mol. The van der Waals surface area contributed by atoms with E-state index < -0.39 is 0 Å². The first kappa shape index (κ1) is 14.1. The van der Waals surface area contributed by atoms with Crippen LogP contribution in [0.2, 0.25) is 0 Å². The molecule has 1 unspecified atom stereocenters. The number of ether oxygens (including phenoxy) is 1. The van der Waals surface area contributed by atoms with E-state index in [9.17, 15) is 0 Å². The average molecular weight is 241 g/mol. The molecule has 17 heavy (non-hydrogen) atoms. The second-order valence-corrected chi connectivity index (χ2v) is 5.21. The van der Waals surface area contributed by atoms with Gasteiger partial charge >= 0.3 is 0 Å². The third kappa shape index (κ3) is 3.51. The number of nitrogens with two attached hydrogens (primary N) is 1. The predicted octanol–water partition coefficient (Wildman–Crippen LogP) is 2.60. The molecule has 1 aromatic rings. The molecule has 98 valence electrons. The maximum Gasteiger partial charge on any atom is 0.243 e. The summed E-state index contributed by atoms with van der Waals surface area (Å²) in [5.41, 5.74) is 5.78. The quantitative estimate of drug-likeness (QED) is 0.857. The Bertz CT molecular complexity index is 344. The van der Waals surface area contributed by atoms with Crippen molar-refractivity contribution < 1.29 is 9.26 Å². The van der Waals surface area contributed by atoms with Crippen molar-refractivity contribution in [1.82, 2.24) is 10.1 Å². The normalized spacial score (nSPS) is 15.9. The molecule has 5 nitrogen and oxygen atoms in total. The lowest BCUT2D eigenvalue weighted by atomic mass is 9.88. The Hall–Kier alpha value is -0.940. The third-order valence-corrected chi connectivity index (χ3v) is 2.57. The van der Waals surface area contributed by atoms with Crippen LogP contribution in [0, 0.1) is 5.41 Å². The van der Waals surface area contributed by atoms with Crippen molar-refractivity contribution in [3.63, 3.8) is 0 Å². The molecule has 0 aromatic carbocycles. The topological polar surface area (TPSA) is 74.2 Å². The summed E-state index contributed by atoms with van der Waals surface area (Å²) in [7, 11) is 0. The van der Waals surface area contributed by atoms with E-state index in [-0.39, 0.29) is 17.6 Å². The minimum atomic E-state index is -0.196. The molecule has 0 saturated heterocycles. The number of rotatable bonds is 5. The standard InChI is InChI=1S/C12H23N3O2/c1-6-8(13)11-14-10(15-17-11)9(16-7-2)12(3,4)5/h8-9H,6-7,13H2,1-5H3/t8-,9?/m0/s1. The Labute approximate surface area is 103 Å². The molecular formula is C12H23N3O2. The zero-order valence-electron chi connectivity index (χ0n) is 11.4. The van der Waals surface area contributed by atoms with Crippen molar-refractivity contribution in [3.8, 4) is 0 Å². The van der Waals surface area contributed by atoms with Crippen LogP contribution in [0.3, 0.4) is 0 Å². The number of aromatic nitrogens is 2. The molecule has 0 aliphatic carbocycles. The van der Waals surface area contributed by atoms with Gasteiger partial charge < -0.3 is 15.0 Å². The highest BCUT2D eigenvalue weighted by atomic mass is 16.5. The summed E-state index contributed by atoms with van der Waals surface area (Å²) in [4.78, 5) is 4.34. The van der Waals surface area contributed by atoms with Gasteiger partial charge in [-0.05, 0) is 18.8 Å². The van der Waals surface area contributed by atoms with Gasteiger partial charge in [-0.2, -0.15) is 4.98 Å². The van der Waals surface area contributed by atoms with E-state index in [4.69, 9.17) is 15.0 Å². The number of hydrogen-bond acceptors (Lipinski definition) is 5. The van der Waals surface area contributed by atoms with E-state index in [2.05, 4.69) is 30.9 Å². The Kier molecular flexibility index (Phi) is 4.65. The Morgan fingerprint density at radius 3 is 2.47 bits per heavy atom. The summed E-state index contributed by atoms with van der Waals surface area (Å²) in [6.07, 6.45) is 0.602. The fraction of sp³-hybridized carbons (Fsp3) is 0.833. The summed E-state index contributed by atoms with van der Waals surface area (Å²) in [5, 5.41) is 3.98. The molecule has 0 saturated carbocycles. The van der Waals surface area contributed by atoms with E-state index in [1.807, 2.05) is 13.8 Å². The second kappa shape index (κ2) is 5.60. The molecule has 0 radical (unpaired) electrons. The van der Waals surface area contributed by atoms with Crippen LogP contribution in [0.1, 0.15) is 64.9 Å². The fourth-order valence-corrected chi connectivity index (χ4v) is 1.56. The van der Waals surface area contributed by atoms with E-state index in [0.717, 1.165) is 6.42 Å². The lowest BCUT2D eigenvalue weighted by Crippen LogP contribution is -2.22. The highest BCUT2D eigenvalue weighted by Gasteiger charge is 2.31. The van der Waals surface area contributed by atoms with E-state index in [1.165, 1.54) is 0 Å². The van der Waals surface area contributed by atoms with Crippen molar-refractivity contribution in [3.05, 3.63) is 11.7 Å². The van der Waals surface area contributed by atoms with Crippen molar-refractivity contribution in [2.24, 2.45) is 11.1 Å². The van der Waals surface area contributed by atoms with Crippen LogP contribution in [-0.2, 0) is 4.74 Å². The molecule has 0 bridgehead atoms. The molecule has 1 rings (SSSR count). The highest BCUT2D eigenvalue weighted by molar-refractivity contribution is 4.98. The van der Waals surface area contributed by atoms with Gasteiger partial charge in [-0.15, -0.1) is 0 Å². The Morgan fingerprint density at radius 1 is 1.35 bits per heavy atom. The Morgan fingerprint density at radius 2 is 2.00 bits per heavy atom. The summed E-state index contributed by atoms with van der Waals surface area (Å²) < 4.78 is 10.9. The Balaban J connectivity index is 2.92. The molecule has 0 aliphatic heterocycles. The van der Waals surface area contributed by atoms with Gasteiger partial charge in [0.05, 0.1) is 6.04 Å². The summed E-state index contributed by atoms with van der Waals surface area (Å²) in [6, 6.07) is -0.196. The van der Waals surface area contributed by atoms with Gasteiger partial charge in [0.1, 0.15) is 6.10 Å². The molecule has 2 N–H and O–H groups in total. The van der Waals surface area contributed by atoms with Crippen LogP contribution in [-0.4, -0.2) is 16.7 Å². The zero-order chi connectivity index (χ0) is 13.1. The van der Waals surface area contributed by atoms with Crippen molar-refractivity contribution in [2.45, 2.75) is 53.2 Å². The SMILES string of the molecule is CCOC(c1noc([C@@H](N)CC)n1)C(C)(C)C. The van der Waals surface area contributed by atoms with Gasteiger partial charge in [-0.25, -0.2) is 0 Å². The number of hydrogen-bond donors (Lipinski definition) is 1. The molecule has 1 heterocycles. The van der Waals surface area contributed by atoms with Crippen LogP contribution in [0.5, 0.6) is 0 Å². The maximum atomic E-state index is 5.85. The van der Waals surface area contributed by atoms with E-state index >= 15 is 0 Å². The lowest BCUT2D eigenvalue weighted by Gasteiger charge is -2.27. The van der Waals surface area contributed by atoms with Crippen LogP contribution in [0.15, 0.2) is 4.52 Å². The number of nitrogens with zero attached hydrogens (tertiary/aromatic N) is 2. The van der Waals surface area contributed by atoms with E-state index in [0.29, 0.717) is 18.3 Å². The lowest BCUT2D eigenvalue weighted by molar-refractivity contribution is -0.0203. The van der Waals surface area contributed by atoms with Gasteiger partial charge in [0.25, 0.3) is 0 Å². The van der Waals surface area contributed by atoms with Crippen molar-refractivity contribution >= 4 is 0 Å². The van der Waals surface area contributed by atoms with Gasteiger partial charge in [0.15, 0.2) is 0 Å². The monoisotopic (exact) mass is 241 g/mol. The third-order valence-electron chi connectivity index (χ3n) is 2.57. The molecule has 1 aromatic heterocycles. The second-order valence-electron chi connectivity index (χ2n) is 5.21. The summed E-state index contributed by atoms with van der Waals surface area (Å²) in [6.45, 7) is 10.8. The van der Waals surface area contributed by atoms with Crippen LogP contribution >= 0.6 is 0 Å². The van der Waals surface area contributed by atoms with Gasteiger partial charge in [0, 0.05) is 6.61 Å². The first-order valence-corrected chi connectivity index (χ1v) is 6.10. The van der Waals surface area contributed by atoms with Crippen molar-refractivity contribution in [2.75, 3.05) is 6.61 Å². The molecular weight excluding hydrogens is 218 g/mol. The molecule has 0 aliphatic rings. The van der Waals surface area contributed by atoms with Crippen molar-refractivity contribution in [1.29, 1.82) is 0 Å². The molecule has 2 atom stereocenters. The van der Waals surface area contributed by atoms with Crippen LogP contribution < -0.4 is 5.73 Å². The van der Waals surface area contributed by atoms with Crippen LogP contribution in [0.4, 0.5) is 0 Å². The fourth-order valence-electron chi connectivity index (χ4n) is 1.56. The minimum absolute atomic E-state index is 0.0759. The first-order valence-electron chi connectivity index (χ1n) is 6.10. The molecule has 0 spiro atoms. The average Bonchev–Trinajstić information content (AvgIpc) is 2.72. The van der Waals surface area contributed by atoms with Gasteiger partial charge in [-0.1, -0.05) is 32.9 Å².